The normalized spacial score (nSPS) is 45.5. The van der Waals surface area contributed by atoms with E-state index in [1.165, 1.54) is 19.3 Å². The van der Waals surface area contributed by atoms with Gasteiger partial charge in [-0.2, -0.15) is 0 Å². The molecule has 2 saturated carbocycles. The lowest BCUT2D eigenvalue weighted by Gasteiger charge is -2.13. The molecular weight excluding hydrogens is 134 g/mol. The Morgan fingerprint density at radius 2 is 2.18 bits per heavy atom. The largest absolute Gasteiger partial charge is 0.330 e. The molecule has 2 fully saturated rings. The van der Waals surface area contributed by atoms with E-state index in [4.69, 9.17) is 5.73 Å². The van der Waals surface area contributed by atoms with E-state index in [1.54, 1.807) is 0 Å². The molecule has 2 N–H and O–H groups in total. The number of hydrogen-bond acceptors (Lipinski definition) is 1. The van der Waals surface area contributed by atoms with Crippen LogP contribution in [0.25, 0.3) is 0 Å². The smallest absolute Gasteiger partial charge is 0.00486 e. The van der Waals surface area contributed by atoms with Gasteiger partial charge in [-0.05, 0) is 49.0 Å². The third-order valence-corrected chi connectivity index (χ3v) is 3.92. The van der Waals surface area contributed by atoms with Gasteiger partial charge in [0.25, 0.3) is 0 Å². The second-order valence-electron chi connectivity index (χ2n) is 4.80. The molecule has 11 heavy (non-hydrogen) atoms. The fraction of sp³-hybridized carbons (Fsp3) is 1.00. The summed E-state index contributed by atoms with van der Waals surface area (Å²) >= 11 is 0. The molecule has 3 unspecified atom stereocenters. The Morgan fingerprint density at radius 1 is 1.55 bits per heavy atom. The summed E-state index contributed by atoms with van der Waals surface area (Å²) < 4.78 is 0. The highest BCUT2D eigenvalue weighted by molar-refractivity contribution is 5.08. The van der Waals surface area contributed by atoms with E-state index in [0.29, 0.717) is 0 Å². The summed E-state index contributed by atoms with van der Waals surface area (Å²) in [6, 6.07) is 0. The first-order valence-corrected chi connectivity index (χ1v) is 4.88. The van der Waals surface area contributed by atoms with Crippen molar-refractivity contribution in [3.8, 4) is 0 Å². The zero-order chi connectivity index (χ0) is 8.06. The van der Waals surface area contributed by atoms with Crippen molar-refractivity contribution in [2.75, 3.05) is 6.54 Å². The monoisotopic (exact) mass is 153 g/mol. The topological polar surface area (TPSA) is 26.0 Å². The zero-order valence-electron chi connectivity index (χ0n) is 7.64. The van der Waals surface area contributed by atoms with Gasteiger partial charge in [-0.25, -0.2) is 0 Å². The maximum atomic E-state index is 5.65. The van der Waals surface area contributed by atoms with Crippen molar-refractivity contribution < 1.29 is 0 Å². The first kappa shape index (κ1) is 7.60. The van der Waals surface area contributed by atoms with Gasteiger partial charge in [0.2, 0.25) is 0 Å². The highest BCUT2D eigenvalue weighted by atomic mass is 14.7. The van der Waals surface area contributed by atoms with Crippen LogP contribution in [0.15, 0.2) is 0 Å². The van der Waals surface area contributed by atoms with Crippen LogP contribution in [0.4, 0.5) is 0 Å². The molecule has 0 bridgehead atoms. The molecule has 64 valence electrons. The highest BCUT2D eigenvalue weighted by Gasteiger charge is 2.59. The van der Waals surface area contributed by atoms with Crippen molar-refractivity contribution in [3.05, 3.63) is 0 Å². The second kappa shape index (κ2) is 2.22. The molecule has 1 heteroatoms. The van der Waals surface area contributed by atoms with Gasteiger partial charge >= 0.3 is 0 Å². The van der Waals surface area contributed by atoms with Crippen LogP contribution in [0.2, 0.25) is 0 Å². The number of rotatable bonds is 3. The minimum atomic E-state index is 0.721. The van der Waals surface area contributed by atoms with Gasteiger partial charge < -0.3 is 5.73 Å². The lowest BCUT2D eigenvalue weighted by atomic mass is 9.93. The van der Waals surface area contributed by atoms with E-state index in [2.05, 4.69) is 13.8 Å². The third kappa shape index (κ3) is 1.10. The molecular formula is C10H19N. The summed E-state index contributed by atoms with van der Waals surface area (Å²) in [6.07, 6.45) is 4.44. The van der Waals surface area contributed by atoms with E-state index in [1.807, 2.05) is 0 Å². The predicted octanol–water partition coefficient (Wildman–Crippen LogP) is 2.02. The van der Waals surface area contributed by atoms with Gasteiger partial charge in [-0.1, -0.05) is 13.8 Å². The Bertz CT molecular complexity index is 162. The SMILES string of the molecule is CC(CN)C1CC1(C)C1CC1. The van der Waals surface area contributed by atoms with E-state index >= 15 is 0 Å². The van der Waals surface area contributed by atoms with Crippen molar-refractivity contribution in [1.82, 2.24) is 0 Å². The molecule has 0 aromatic carbocycles. The van der Waals surface area contributed by atoms with Crippen LogP contribution >= 0.6 is 0 Å². The van der Waals surface area contributed by atoms with Crippen molar-refractivity contribution in [1.29, 1.82) is 0 Å². The maximum Gasteiger partial charge on any atom is -0.00486 e. The molecule has 0 aromatic heterocycles. The number of hydrogen-bond donors (Lipinski definition) is 1. The third-order valence-electron chi connectivity index (χ3n) is 3.92. The minimum Gasteiger partial charge on any atom is -0.330 e. The van der Waals surface area contributed by atoms with Crippen molar-refractivity contribution in [2.45, 2.75) is 33.1 Å². The fourth-order valence-electron chi connectivity index (χ4n) is 2.64. The van der Waals surface area contributed by atoms with Gasteiger partial charge in [0, 0.05) is 0 Å². The second-order valence-corrected chi connectivity index (χ2v) is 4.80. The minimum absolute atomic E-state index is 0.721. The van der Waals surface area contributed by atoms with Crippen molar-refractivity contribution >= 4 is 0 Å². The predicted molar refractivity (Wildman–Crippen MR) is 47.2 cm³/mol. The summed E-state index contributed by atoms with van der Waals surface area (Å²) in [7, 11) is 0. The molecule has 0 heterocycles. The summed E-state index contributed by atoms with van der Waals surface area (Å²) in [4.78, 5) is 0. The molecule has 0 saturated heterocycles. The van der Waals surface area contributed by atoms with Crippen LogP contribution < -0.4 is 5.73 Å². The summed E-state index contributed by atoms with van der Waals surface area (Å²) in [6.45, 7) is 5.65. The maximum absolute atomic E-state index is 5.65. The van der Waals surface area contributed by atoms with Crippen LogP contribution in [0.1, 0.15) is 33.1 Å². The Hall–Kier alpha value is -0.0400. The lowest BCUT2D eigenvalue weighted by molar-refractivity contribution is 0.367. The first-order valence-electron chi connectivity index (χ1n) is 4.88. The summed E-state index contributed by atoms with van der Waals surface area (Å²) in [5.74, 6) is 2.79. The Kier molecular flexibility index (Phi) is 1.54. The molecule has 0 radical (unpaired) electrons. The molecule has 2 rings (SSSR count). The molecule has 1 nitrogen and oxygen atoms in total. The molecule has 0 spiro atoms. The Morgan fingerprint density at radius 3 is 2.64 bits per heavy atom. The van der Waals surface area contributed by atoms with Crippen molar-refractivity contribution in [2.24, 2.45) is 28.9 Å². The Labute approximate surface area is 69.4 Å². The Balaban J connectivity index is 1.91. The van der Waals surface area contributed by atoms with Gasteiger partial charge in [0.15, 0.2) is 0 Å². The van der Waals surface area contributed by atoms with E-state index < -0.39 is 0 Å². The molecule has 2 aliphatic rings. The highest BCUT2D eigenvalue weighted by Crippen LogP contribution is 2.67. The molecule has 0 aliphatic heterocycles. The molecule has 3 atom stereocenters. The van der Waals surface area contributed by atoms with Crippen LogP contribution in [0, 0.1) is 23.2 Å². The summed E-state index contributed by atoms with van der Waals surface area (Å²) in [5.41, 5.74) is 6.38. The molecule has 0 amide bonds. The summed E-state index contributed by atoms with van der Waals surface area (Å²) in [5, 5.41) is 0. The van der Waals surface area contributed by atoms with Crippen LogP contribution in [-0.2, 0) is 0 Å². The van der Waals surface area contributed by atoms with Gasteiger partial charge in [0.05, 0.1) is 0 Å². The average molecular weight is 153 g/mol. The fourth-order valence-corrected chi connectivity index (χ4v) is 2.64. The van der Waals surface area contributed by atoms with E-state index in [9.17, 15) is 0 Å². The standard InChI is InChI=1S/C10H19N/c1-7(6-11)9-5-10(9,2)8-3-4-8/h7-9H,3-6,11H2,1-2H3. The zero-order valence-corrected chi connectivity index (χ0v) is 7.64. The molecule has 2 aliphatic carbocycles. The van der Waals surface area contributed by atoms with Gasteiger partial charge in [0.1, 0.15) is 0 Å². The van der Waals surface area contributed by atoms with Gasteiger partial charge in [-0.15, -0.1) is 0 Å². The van der Waals surface area contributed by atoms with Crippen LogP contribution in [0.5, 0.6) is 0 Å². The first-order chi connectivity index (χ1) is 5.18. The van der Waals surface area contributed by atoms with Gasteiger partial charge in [-0.3, -0.25) is 0 Å². The quantitative estimate of drug-likeness (QED) is 0.659. The van der Waals surface area contributed by atoms with Crippen molar-refractivity contribution in [3.63, 3.8) is 0 Å². The average Bonchev–Trinajstić information content (AvgIpc) is 2.77. The number of nitrogens with two attached hydrogens (primary N) is 1. The molecule has 0 aromatic rings. The van der Waals surface area contributed by atoms with Crippen LogP contribution in [0.3, 0.4) is 0 Å². The van der Waals surface area contributed by atoms with E-state index in [-0.39, 0.29) is 0 Å². The van der Waals surface area contributed by atoms with Crippen LogP contribution in [-0.4, -0.2) is 6.54 Å². The lowest BCUT2D eigenvalue weighted by Crippen LogP contribution is -2.16. The van der Waals surface area contributed by atoms with E-state index in [0.717, 1.165) is 29.7 Å².